The third kappa shape index (κ3) is 6.08. The molecule has 1 fully saturated rings. The lowest BCUT2D eigenvalue weighted by molar-refractivity contribution is 0.0908. The second-order valence-electron chi connectivity index (χ2n) is 7.43. The largest absolute Gasteiger partial charge is 0.494 e. The van der Waals surface area contributed by atoms with E-state index in [2.05, 4.69) is 10.2 Å². The maximum Gasteiger partial charge on any atom is 0.255 e. The minimum absolute atomic E-state index is 0.0648. The molecule has 1 N–H and O–H groups in total. The molecule has 0 spiro atoms. The Kier molecular flexibility index (Phi) is 6.97. The van der Waals surface area contributed by atoms with Crippen molar-refractivity contribution in [2.24, 2.45) is 0 Å². The Morgan fingerprint density at radius 1 is 1.21 bits per heavy atom. The third-order valence-corrected chi connectivity index (χ3v) is 6.29. The number of likely N-dealkylation sites (tertiary alicyclic amines) is 1. The average Bonchev–Trinajstić information content (AvgIpc) is 3.12. The van der Waals surface area contributed by atoms with Crippen LogP contribution in [0.3, 0.4) is 0 Å². The summed E-state index contributed by atoms with van der Waals surface area (Å²) in [7, 11) is -3.18. The van der Waals surface area contributed by atoms with Crippen molar-refractivity contribution < 1.29 is 22.4 Å². The number of hydrogen-bond acceptors (Lipinski definition) is 6. The summed E-state index contributed by atoms with van der Waals surface area (Å²) in [6.45, 7) is 5.19. The number of ether oxygens (including phenoxy) is 1. The molecule has 0 radical (unpaired) electrons. The molecule has 158 valence electrons. The van der Waals surface area contributed by atoms with E-state index in [1.54, 1.807) is 37.3 Å². The molecule has 7 nitrogen and oxygen atoms in total. The zero-order chi connectivity index (χ0) is 20.9. The van der Waals surface area contributed by atoms with Gasteiger partial charge in [0.15, 0.2) is 9.84 Å². The van der Waals surface area contributed by atoms with Crippen LogP contribution in [-0.2, 0) is 9.84 Å². The van der Waals surface area contributed by atoms with Gasteiger partial charge in [0.1, 0.15) is 11.5 Å². The summed E-state index contributed by atoms with van der Waals surface area (Å²) in [5.74, 6) is 1.25. The SMILES string of the molecule is Cc1occc1C(=O)NC1CCN(CCCOc2ccc(S(C)(=O)=O)cc2)CC1. The van der Waals surface area contributed by atoms with Gasteiger partial charge < -0.3 is 19.4 Å². The molecule has 0 unspecified atom stereocenters. The average molecular weight is 421 g/mol. The van der Waals surface area contributed by atoms with Gasteiger partial charge >= 0.3 is 0 Å². The maximum atomic E-state index is 12.3. The summed E-state index contributed by atoms with van der Waals surface area (Å²) in [6, 6.07) is 8.40. The molecule has 1 aromatic carbocycles. The molecule has 0 aliphatic carbocycles. The van der Waals surface area contributed by atoms with Crippen LogP contribution in [0.2, 0.25) is 0 Å². The zero-order valence-corrected chi connectivity index (χ0v) is 17.7. The van der Waals surface area contributed by atoms with Crippen molar-refractivity contribution in [3.63, 3.8) is 0 Å². The molecule has 1 aliphatic rings. The molecular formula is C21H28N2O5S. The number of benzene rings is 1. The van der Waals surface area contributed by atoms with Gasteiger partial charge in [-0.3, -0.25) is 4.79 Å². The summed E-state index contributed by atoms with van der Waals surface area (Å²) in [6.07, 6.45) is 5.47. The Hall–Kier alpha value is -2.32. The fraction of sp³-hybridized carbons (Fsp3) is 0.476. The number of nitrogens with one attached hydrogen (secondary N) is 1. The summed E-state index contributed by atoms with van der Waals surface area (Å²) in [5.41, 5.74) is 0.606. The Labute approximate surface area is 172 Å². The van der Waals surface area contributed by atoms with E-state index in [4.69, 9.17) is 9.15 Å². The first-order valence-corrected chi connectivity index (χ1v) is 11.7. The van der Waals surface area contributed by atoms with Crippen molar-refractivity contribution in [1.82, 2.24) is 10.2 Å². The second-order valence-corrected chi connectivity index (χ2v) is 9.44. The second kappa shape index (κ2) is 9.45. The van der Waals surface area contributed by atoms with Crippen LogP contribution in [0.4, 0.5) is 0 Å². The molecule has 1 aliphatic heterocycles. The van der Waals surface area contributed by atoms with Crippen molar-refractivity contribution in [1.29, 1.82) is 0 Å². The van der Waals surface area contributed by atoms with E-state index in [-0.39, 0.29) is 11.9 Å². The lowest BCUT2D eigenvalue weighted by atomic mass is 10.0. The first-order valence-electron chi connectivity index (χ1n) is 9.83. The first-order chi connectivity index (χ1) is 13.8. The number of piperidine rings is 1. The fourth-order valence-electron chi connectivity index (χ4n) is 3.45. The van der Waals surface area contributed by atoms with Crippen molar-refractivity contribution in [3.05, 3.63) is 47.9 Å². The number of carbonyl (C=O) groups excluding carboxylic acids is 1. The highest BCUT2D eigenvalue weighted by Gasteiger charge is 2.22. The van der Waals surface area contributed by atoms with E-state index in [9.17, 15) is 13.2 Å². The van der Waals surface area contributed by atoms with Crippen LogP contribution in [0.1, 0.15) is 35.4 Å². The number of furan rings is 1. The molecule has 1 amide bonds. The van der Waals surface area contributed by atoms with Crippen LogP contribution in [0.15, 0.2) is 45.9 Å². The molecule has 29 heavy (non-hydrogen) atoms. The molecule has 0 saturated carbocycles. The lowest BCUT2D eigenvalue weighted by Gasteiger charge is -2.32. The maximum absolute atomic E-state index is 12.3. The van der Waals surface area contributed by atoms with E-state index < -0.39 is 9.84 Å². The summed E-state index contributed by atoms with van der Waals surface area (Å²) >= 11 is 0. The van der Waals surface area contributed by atoms with Gasteiger partial charge in [-0.25, -0.2) is 8.42 Å². The smallest absolute Gasteiger partial charge is 0.255 e. The number of amides is 1. The van der Waals surface area contributed by atoms with Gasteiger partial charge in [-0.05, 0) is 56.5 Å². The van der Waals surface area contributed by atoms with Gasteiger partial charge in [0, 0.05) is 31.9 Å². The van der Waals surface area contributed by atoms with Crippen LogP contribution < -0.4 is 10.1 Å². The van der Waals surface area contributed by atoms with E-state index in [1.807, 2.05) is 0 Å². The van der Waals surface area contributed by atoms with Gasteiger partial charge in [-0.15, -0.1) is 0 Å². The normalized spacial score (nSPS) is 15.9. The standard InChI is InChI=1S/C21H28N2O5S/c1-16-20(10-15-27-16)21(24)22-17-8-12-23(13-9-17)11-3-14-28-18-4-6-19(7-5-18)29(2,25)26/h4-7,10,15,17H,3,8-9,11-14H2,1-2H3,(H,22,24). The third-order valence-electron chi connectivity index (χ3n) is 5.17. The van der Waals surface area contributed by atoms with E-state index in [0.29, 0.717) is 28.6 Å². The Morgan fingerprint density at radius 2 is 1.90 bits per heavy atom. The first kappa shape index (κ1) is 21.4. The number of rotatable bonds is 8. The number of aryl methyl sites for hydroxylation is 1. The fourth-order valence-corrected chi connectivity index (χ4v) is 4.08. The molecule has 8 heteroatoms. The van der Waals surface area contributed by atoms with Crippen molar-refractivity contribution in [3.8, 4) is 5.75 Å². The minimum atomic E-state index is -3.18. The molecule has 3 rings (SSSR count). The van der Waals surface area contributed by atoms with Crippen LogP contribution in [0.25, 0.3) is 0 Å². The molecular weight excluding hydrogens is 392 g/mol. The minimum Gasteiger partial charge on any atom is -0.494 e. The summed E-state index contributed by atoms with van der Waals surface area (Å²) in [4.78, 5) is 14.9. The van der Waals surface area contributed by atoms with Gasteiger partial charge in [0.25, 0.3) is 5.91 Å². The van der Waals surface area contributed by atoms with Crippen LogP contribution >= 0.6 is 0 Å². The van der Waals surface area contributed by atoms with Gasteiger partial charge in [-0.2, -0.15) is 0 Å². The lowest BCUT2D eigenvalue weighted by Crippen LogP contribution is -2.45. The molecule has 1 saturated heterocycles. The molecule has 1 aromatic heterocycles. The summed E-state index contributed by atoms with van der Waals surface area (Å²) < 4.78 is 33.8. The molecule has 0 atom stereocenters. The highest BCUT2D eigenvalue weighted by Crippen LogP contribution is 2.17. The molecule has 2 aromatic rings. The van der Waals surface area contributed by atoms with Crippen molar-refractivity contribution in [2.45, 2.75) is 37.1 Å². The topological polar surface area (TPSA) is 88.8 Å². The number of nitrogens with zero attached hydrogens (tertiary/aromatic N) is 1. The van der Waals surface area contributed by atoms with Crippen LogP contribution in [0, 0.1) is 6.92 Å². The number of hydrogen-bond donors (Lipinski definition) is 1. The van der Waals surface area contributed by atoms with Crippen LogP contribution in [-0.4, -0.2) is 57.8 Å². The Balaban J connectivity index is 1.33. The van der Waals surface area contributed by atoms with E-state index in [1.165, 1.54) is 12.5 Å². The van der Waals surface area contributed by atoms with Gasteiger partial charge in [0.2, 0.25) is 0 Å². The quantitative estimate of drug-likeness (QED) is 0.661. The van der Waals surface area contributed by atoms with Gasteiger partial charge in [0.05, 0.1) is 23.3 Å². The van der Waals surface area contributed by atoms with Gasteiger partial charge in [-0.1, -0.05) is 0 Å². The molecule has 0 bridgehead atoms. The van der Waals surface area contributed by atoms with E-state index >= 15 is 0 Å². The van der Waals surface area contributed by atoms with Crippen molar-refractivity contribution in [2.75, 3.05) is 32.5 Å². The highest BCUT2D eigenvalue weighted by molar-refractivity contribution is 7.90. The van der Waals surface area contributed by atoms with E-state index in [0.717, 1.165) is 38.9 Å². The predicted octanol–water partition coefficient (Wildman–Crippen LogP) is 2.65. The highest BCUT2D eigenvalue weighted by atomic mass is 32.2. The zero-order valence-electron chi connectivity index (χ0n) is 16.9. The molecule has 2 heterocycles. The Bertz CT molecular complexity index is 913. The van der Waals surface area contributed by atoms with Crippen molar-refractivity contribution >= 4 is 15.7 Å². The number of sulfone groups is 1. The predicted molar refractivity (Wildman–Crippen MR) is 110 cm³/mol. The van der Waals surface area contributed by atoms with Crippen LogP contribution in [0.5, 0.6) is 5.75 Å². The monoisotopic (exact) mass is 420 g/mol. The summed E-state index contributed by atoms with van der Waals surface area (Å²) in [5, 5.41) is 3.09. The number of carbonyl (C=O) groups is 1. The Morgan fingerprint density at radius 3 is 2.48 bits per heavy atom.